The van der Waals surface area contributed by atoms with Crippen LogP contribution < -0.4 is 5.32 Å². The summed E-state index contributed by atoms with van der Waals surface area (Å²) in [6.07, 6.45) is 0. The van der Waals surface area contributed by atoms with Gasteiger partial charge in [0.15, 0.2) is 0 Å². The lowest BCUT2D eigenvalue weighted by Crippen LogP contribution is -2.26. The maximum absolute atomic E-state index is 11.0. The molecule has 0 heterocycles. The lowest BCUT2D eigenvalue weighted by Gasteiger charge is -2.05. The molecule has 0 radical (unpaired) electrons. The Morgan fingerprint density at radius 2 is 2.31 bits per heavy atom. The van der Waals surface area contributed by atoms with Gasteiger partial charge in [0.1, 0.15) is 6.61 Å². The van der Waals surface area contributed by atoms with Crippen LogP contribution in [0.1, 0.15) is 13.8 Å². The largest absolute Gasteiger partial charge is 0.694 e. The fraction of sp³-hybridized carbons (Fsp3) is 0.833. The van der Waals surface area contributed by atoms with Crippen LogP contribution in [0.5, 0.6) is 0 Å². The van der Waals surface area contributed by atoms with Crippen LogP contribution in [0.3, 0.4) is 0 Å². The molecule has 1 amide bonds. The number of hydrogen-bond acceptors (Lipinski definition) is 4. The van der Waals surface area contributed by atoms with Gasteiger partial charge in [0.25, 0.3) is 5.24 Å². The van der Waals surface area contributed by atoms with E-state index in [-0.39, 0.29) is 17.9 Å². The molecule has 0 aromatic rings. The molecule has 13 heavy (non-hydrogen) atoms. The van der Waals surface area contributed by atoms with Crippen molar-refractivity contribution in [1.82, 2.24) is 5.32 Å². The molecule has 1 atom stereocenters. The highest BCUT2D eigenvalue weighted by Crippen LogP contribution is 2.14. The number of carbonyl (C=O) groups excluding carboxylic acids is 1. The summed E-state index contributed by atoms with van der Waals surface area (Å²) in [4.78, 5) is 19.2. The molecule has 0 fully saturated rings. The first-order valence-corrected chi connectivity index (χ1v) is 5.86. The van der Waals surface area contributed by atoms with Crippen molar-refractivity contribution in [2.75, 3.05) is 12.4 Å². The molecule has 1 unspecified atom stereocenters. The Morgan fingerprint density at radius 1 is 1.69 bits per heavy atom. The van der Waals surface area contributed by atoms with E-state index in [9.17, 15) is 9.36 Å². The summed E-state index contributed by atoms with van der Waals surface area (Å²) in [7, 11) is -2.54. The van der Waals surface area contributed by atoms with Crippen LogP contribution >= 0.6 is 20.0 Å². The summed E-state index contributed by atoms with van der Waals surface area (Å²) in [6.45, 7) is 3.82. The normalized spacial score (nSPS) is 11.5. The summed E-state index contributed by atoms with van der Waals surface area (Å²) >= 11 is 1.03. The van der Waals surface area contributed by atoms with E-state index in [0.29, 0.717) is 5.75 Å². The standard InChI is InChI=1S/C6H12NO4PS/c1-5(2)7-6(8)13-4-3-11-12(9)10/h5H,3-4H2,1-2H3,(H-,7,8,9,10)/p+1. The average Bonchev–Trinajstić information content (AvgIpc) is 1.96. The molecule has 2 N–H and O–H groups in total. The second-order valence-corrected chi connectivity index (χ2v) is 4.31. The highest BCUT2D eigenvalue weighted by molar-refractivity contribution is 8.13. The Bertz CT molecular complexity index is 187. The maximum Gasteiger partial charge on any atom is 0.694 e. The Kier molecular flexibility index (Phi) is 7.17. The van der Waals surface area contributed by atoms with Crippen LogP contribution in [-0.4, -0.2) is 28.5 Å². The molecule has 0 spiro atoms. The second kappa shape index (κ2) is 7.26. The molecule has 5 nitrogen and oxygen atoms in total. The topological polar surface area (TPSA) is 75.6 Å². The van der Waals surface area contributed by atoms with Gasteiger partial charge in [0.2, 0.25) is 0 Å². The Balaban J connectivity index is 3.32. The number of nitrogens with one attached hydrogen (secondary N) is 1. The predicted molar refractivity (Wildman–Crippen MR) is 51.9 cm³/mol. The Labute approximate surface area is 82.2 Å². The van der Waals surface area contributed by atoms with E-state index in [0.717, 1.165) is 11.8 Å². The third kappa shape index (κ3) is 9.76. The Morgan fingerprint density at radius 3 is 2.77 bits per heavy atom. The molecule has 0 aliphatic carbocycles. The van der Waals surface area contributed by atoms with Crippen molar-refractivity contribution in [3.8, 4) is 0 Å². The fourth-order valence-corrected chi connectivity index (χ4v) is 1.57. The van der Waals surface area contributed by atoms with Crippen LogP contribution in [0.15, 0.2) is 0 Å². The summed E-state index contributed by atoms with van der Waals surface area (Å²) in [5.41, 5.74) is 0. The lowest BCUT2D eigenvalue weighted by atomic mass is 10.4. The van der Waals surface area contributed by atoms with Crippen molar-refractivity contribution >= 4 is 25.3 Å². The minimum atomic E-state index is -2.54. The first kappa shape index (κ1) is 12.8. The summed E-state index contributed by atoms with van der Waals surface area (Å²) in [6, 6.07) is 0.107. The third-order valence-electron chi connectivity index (χ3n) is 0.925. The van der Waals surface area contributed by atoms with Crippen LogP contribution in [0.2, 0.25) is 0 Å². The quantitative estimate of drug-likeness (QED) is 0.549. The maximum atomic E-state index is 11.0. The number of hydrogen-bond donors (Lipinski definition) is 2. The van der Waals surface area contributed by atoms with E-state index >= 15 is 0 Å². The van der Waals surface area contributed by atoms with Gasteiger partial charge in [0.05, 0.1) is 0 Å². The molecule has 76 valence electrons. The van der Waals surface area contributed by atoms with E-state index in [4.69, 9.17) is 4.89 Å². The van der Waals surface area contributed by atoms with E-state index < -0.39 is 8.25 Å². The first-order chi connectivity index (χ1) is 6.02. The molecular formula is C6H13NO4PS+. The first-order valence-electron chi connectivity index (χ1n) is 3.74. The van der Waals surface area contributed by atoms with Crippen molar-refractivity contribution < 1.29 is 18.8 Å². The fourth-order valence-electron chi connectivity index (χ4n) is 0.527. The van der Waals surface area contributed by atoms with Gasteiger partial charge >= 0.3 is 8.25 Å². The van der Waals surface area contributed by atoms with E-state index in [2.05, 4.69) is 9.84 Å². The molecular weight excluding hydrogens is 213 g/mol. The van der Waals surface area contributed by atoms with Crippen molar-refractivity contribution in [2.24, 2.45) is 0 Å². The summed E-state index contributed by atoms with van der Waals surface area (Å²) in [5.74, 6) is 0.375. The highest BCUT2D eigenvalue weighted by atomic mass is 32.2. The SMILES string of the molecule is CC(C)NC(=O)SCCO[P+](=O)O. The van der Waals surface area contributed by atoms with Crippen LogP contribution in [-0.2, 0) is 9.09 Å². The number of thioether (sulfide) groups is 1. The smallest absolute Gasteiger partial charge is 0.345 e. The van der Waals surface area contributed by atoms with Gasteiger partial charge < -0.3 is 5.32 Å². The molecule has 0 aromatic heterocycles. The zero-order valence-corrected chi connectivity index (χ0v) is 9.23. The van der Waals surface area contributed by atoms with Crippen LogP contribution in [0.4, 0.5) is 4.79 Å². The summed E-state index contributed by atoms with van der Waals surface area (Å²) in [5, 5.41) is 2.52. The van der Waals surface area contributed by atoms with Gasteiger partial charge in [-0.05, 0) is 13.8 Å². The molecule has 0 aliphatic rings. The van der Waals surface area contributed by atoms with Gasteiger partial charge in [0, 0.05) is 16.4 Å². The minimum absolute atomic E-state index is 0.0991. The monoisotopic (exact) mass is 226 g/mol. The zero-order chi connectivity index (χ0) is 10.3. The van der Waals surface area contributed by atoms with Gasteiger partial charge in [-0.15, -0.1) is 9.42 Å². The number of carbonyl (C=O) groups is 1. The second-order valence-electron chi connectivity index (χ2n) is 2.51. The van der Waals surface area contributed by atoms with E-state index in [1.165, 1.54) is 0 Å². The van der Waals surface area contributed by atoms with Gasteiger partial charge in [-0.3, -0.25) is 4.79 Å². The van der Waals surface area contributed by atoms with Crippen molar-refractivity contribution in [1.29, 1.82) is 0 Å². The van der Waals surface area contributed by atoms with Crippen LogP contribution in [0, 0.1) is 0 Å². The third-order valence-corrected chi connectivity index (χ3v) is 2.08. The summed E-state index contributed by atoms with van der Waals surface area (Å²) < 4.78 is 14.4. The van der Waals surface area contributed by atoms with Gasteiger partial charge in [-0.1, -0.05) is 11.8 Å². The van der Waals surface area contributed by atoms with Crippen molar-refractivity contribution in [2.45, 2.75) is 19.9 Å². The highest BCUT2D eigenvalue weighted by Gasteiger charge is 2.11. The predicted octanol–water partition coefficient (Wildman–Crippen LogP) is 1.50. The van der Waals surface area contributed by atoms with Gasteiger partial charge in [-0.25, -0.2) is 0 Å². The van der Waals surface area contributed by atoms with Crippen LogP contribution in [0.25, 0.3) is 0 Å². The zero-order valence-electron chi connectivity index (χ0n) is 7.52. The molecule has 0 rings (SSSR count). The molecule has 0 saturated heterocycles. The molecule has 0 aliphatic heterocycles. The van der Waals surface area contributed by atoms with E-state index in [1.54, 1.807) is 0 Å². The average molecular weight is 226 g/mol. The van der Waals surface area contributed by atoms with Crippen molar-refractivity contribution in [3.05, 3.63) is 0 Å². The van der Waals surface area contributed by atoms with E-state index in [1.807, 2.05) is 13.8 Å². The van der Waals surface area contributed by atoms with Crippen molar-refractivity contribution in [3.63, 3.8) is 0 Å². The van der Waals surface area contributed by atoms with Gasteiger partial charge in [-0.2, -0.15) is 0 Å². The molecule has 0 aromatic carbocycles. The Hall–Kier alpha value is -0.160. The number of rotatable bonds is 5. The molecule has 0 bridgehead atoms. The lowest BCUT2D eigenvalue weighted by molar-refractivity contribution is 0.258. The minimum Gasteiger partial charge on any atom is -0.345 e. The number of amides is 1. The molecule has 7 heteroatoms. The molecule has 0 saturated carbocycles.